The van der Waals surface area contributed by atoms with E-state index in [4.69, 9.17) is 27.9 Å². The Kier molecular flexibility index (Phi) is 8.84. The monoisotopic (exact) mass is 623 g/mol. The molecule has 216 valence electrons. The topological polar surface area (TPSA) is 96.0 Å². The second-order valence-electron chi connectivity index (χ2n) is 9.65. The van der Waals surface area contributed by atoms with Crippen LogP contribution in [0.5, 0.6) is 5.75 Å². The molecule has 0 radical (unpaired) electrons. The molecule has 8 nitrogen and oxygen atoms in total. The largest absolute Gasteiger partial charge is 0.497 e. The lowest BCUT2D eigenvalue weighted by atomic mass is 10.1. The van der Waals surface area contributed by atoms with Crippen LogP contribution in [-0.4, -0.2) is 44.7 Å². The van der Waals surface area contributed by atoms with Crippen LogP contribution >= 0.6 is 23.2 Å². The first-order valence-corrected chi connectivity index (χ1v) is 15.2. The first-order chi connectivity index (χ1) is 20.2. The predicted molar refractivity (Wildman–Crippen MR) is 164 cm³/mol. The number of benzene rings is 4. The maximum atomic E-state index is 13.6. The Morgan fingerprint density at radius 1 is 0.952 bits per heavy atom. The number of nitrogens with one attached hydrogen (secondary N) is 1. The summed E-state index contributed by atoms with van der Waals surface area (Å²) in [4.78, 5) is 28.2. The van der Waals surface area contributed by atoms with Crippen LogP contribution in [0.25, 0.3) is 0 Å². The van der Waals surface area contributed by atoms with Crippen LogP contribution in [-0.2, 0) is 27.8 Å². The molecule has 1 aliphatic rings. The third kappa shape index (κ3) is 6.44. The number of ether oxygens (including phenoxy) is 1. The summed E-state index contributed by atoms with van der Waals surface area (Å²) >= 11 is 12.4. The molecule has 5 rings (SSSR count). The molecule has 0 bridgehead atoms. The van der Waals surface area contributed by atoms with Crippen molar-refractivity contribution in [1.82, 2.24) is 4.31 Å². The minimum atomic E-state index is -4.06. The Labute approximate surface area is 254 Å². The number of carbonyl (C=O) groups excluding carboxylic acids is 2. The average Bonchev–Trinajstić information content (AvgIpc) is 3.41. The SMILES string of the molecule is COc1ccc(C(=O)N2CCc3ccc(NC(=O)CN(Cc4ccc(Cl)cc4Cl)S(=O)(=O)c4ccccc4)cc32)cc1. The molecule has 0 spiro atoms. The molecule has 0 aliphatic carbocycles. The molecule has 1 heterocycles. The fourth-order valence-electron chi connectivity index (χ4n) is 4.73. The molecule has 0 unspecified atom stereocenters. The molecular weight excluding hydrogens is 597 g/mol. The molecule has 0 saturated carbocycles. The fraction of sp³-hybridized carbons (Fsp3) is 0.161. The Balaban J connectivity index is 1.36. The number of hydrogen-bond acceptors (Lipinski definition) is 5. The van der Waals surface area contributed by atoms with Crippen molar-refractivity contribution in [2.75, 3.05) is 30.4 Å². The molecule has 4 aromatic carbocycles. The Morgan fingerprint density at radius 2 is 1.69 bits per heavy atom. The zero-order valence-corrected chi connectivity index (χ0v) is 24.9. The van der Waals surface area contributed by atoms with Crippen LogP contribution in [0.1, 0.15) is 21.5 Å². The highest BCUT2D eigenvalue weighted by molar-refractivity contribution is 7.89. The summed E-state index contributed by atoms with van der Waals surface area (Å²) in [7, 11) is -2.50. The van der Waals surface area contributed by atoms with Crippen molar-refractivity contribution in [3.8, 4) is 5.75 Å². The molecular formula is C31H27Cl2N3O5S. The summed E-state index contributed by atoms with van der Waals surface area (Å²) in [6, 6.07) is 24.9. The van der Waals surface area contributed by atoms with Crippen molar-refractivity contribution in [2.24, 2.45) is 0 Å². The number of halogens is 2. The minimum absolute atomic E-state index is 0.0492. The fourth-order valence-corrected chi connectivity index (χ4v) is 6.59. The number of carbonyl (C=O) groups is 2. The van der Waals surface area contributed by atoms with Gasteiger partial charge in [-0.3, -0.25) is 9.59 Å². The van der Waals surface area contributed by atoms with Crippen LogP contribution in [0.15, 0.2) is 95.9 Å². The molecule has 0 fully saturated rings. The highest BCUT2D eigenvalue weighted by Crippen LogP contribution is 2.32. The standard InChI is InChI=1S/C31H27Cl2N3O5S/c1-41-26-13-9-22(10-14-26)31(38)36-16-15-21-8-12-25(18-29(21)36)34-30(37)20-35(19-23-7-11-24(32)17-28(23)33)42(39,40)27-5-3-2-4-6-27/h2-14,17-18H,15-16,19-20H2,1H3,(H,34,37). The Bertz CT molecular complexity index is 1730. The number of nitrogens with zero attached hydrogens (tertiary/aromatic N) is 2. The van der Waals surface area contributed by atoms with E-state index in [1.807, 2.05) is 6.07 Å². The summed E-state index contributed by atoms with van der Waals surface area (Å²) in [5, 5.41) is 3.50. The lowest BCUT2D eigenvalue weighted by molar-refractivity contribution is -0.116. The van der Waals surface area contributed by atoms with Gasteiger partial charge in [-0.15, -0.1) is 0 Å². The van der Waals surface area contributed by atoms with Crippen LogP contribution in [0.3, 0.4) is 0 Å². The van der Waals surface area contributed by atoms with Crippen LogP contribution < -0.4 is 15.0 Å². The second-order valence-corrected chi connectivity index (χ2v) is 12.4. The first kappa shape index (κ1) is 29.6. The number of methoxy groups -OCH3 is 1. The van der Waals surface area contributed by atoms with Crippen molar-refractivity contribution in [2.45, 2.75) is 17.9 Å². The molecule has 2 amide bonds. The van der Waals surface area contributed by atoms with Gasteiger partial charge in [-0.25, -0.2) is 8.42 Å². The summed E-state index contributed by atoms with van der Waals surface area (Å²) in [5.41, 5.74) is 3.12. The van der Waals surface area contributed by atoms with Crippen molar-refractivity contribution in [3.05, 3.63) is 118 Å². The number of anilines is 2. The van der Waals surface area contributed by atoms with E-state index in [9.17, 15) is 18.0 Å². The van der Waals surface area contributed by atoms with Gasteiger partial charge in [0.05, 0.1) is 18.6 Å². The van der Waals surface area contributed by atoms with Gasteiger partial charge in [-0.2, -0.15) is 4.31 Å². The molecule has 42 heavy (non-hydrogen) atoms. The molecule has 1 aliphatic heterocycles. The normalized spacial score (nSPS) is 12.7. The molecule has 11 heteroatoms. The van der Waals surface area contributed by atoms with Crippen molar-refractivity contribution >= 4 is 56.4 Å². The maximum Gasteiger partial charge on any atom is 0.258 e. The van der Waals surface area contributed by atoms with Gasteiger partial charge >= 0.3 is 0 Å². The van der Waals surface area contributed by atoms with E-state index in [2.05, 4.69) is 5.32 Å². The molecule has 4 aromatic rings. The number of sulfonamides is 1. The smallest absolute Gasteiger partial charge is 0.258 e. The summed E-state index contributed by atoms with van der Waals surface area (Å²) in [5.74, 6) is -0.0644. The summed E-state index contributed by atoms with van der Waals surface area (Å²) < 4.78 is 33.4. The van der Waals surface area contributed by atoms with Crippen LogP contribution in [0.4, 0.5) is 11.4 Å². The van der Waals surface area contributed by atoms with E-state index in [-0.39, 0.29) is 22.4 Å². The molecule has 0 saturated heterocycles. The van der Waals surface area contributed by atoms with Crippen LogP contribution in [0, 0.1) is 0 Å². The number of amides is 2. The lowest BCUT2D eigenvalue weighted by Crippen LogP contribution is -2.37. The van der Waals surface area contributed by atoms with Crippen molar-refractivity contribution < 1.29 is 22.7 Å². The van der Waals surface area contributed by atoms with Gasteiger partial charge in [0.15, 0.2) is 0 Å². The second kappa shape index (κ2) is 12.5. The van der Waals surface area contributed by atoms with Gasteiger partial charge in [-0.1, -0.05) is 53.5 Å². The maximum absolute atomic E-state index is 13.6. The van der Waals surface area contributed by atoms with Gasteiger partial charge < -0.3 is 15.0 Å². The highest BCUT2D eigenvalue weighted by atomic mass is 35.5. The Morgan fingerprint density at radius 3 is 2.38 bits per heavy atom. The van der Waals surface area contributed by atoms with E-state index in [0.717, 1.165) is 9.87 Å². The van der Waals surface area contributed by atoms with Crippen molar-refractivity contribution in [3.63, 3.8) is 0 Å². The average molecular weight is 625 g/mol. The third-order valence-corrected chi connectivity index (χ3v) is 9.30. The zero-order chi connectivity index (χ0) is 29.9. The lowest BCUT2D eigenvalue weighted by Gasteiger charge is -2.23. The van der Waals surface area contributed by atoms with Crippen molar-refractivity contribution in [1.29, 1.82) is 0 Å². The number of rotatable bonds is 9. The highest BCUT2D eigenvalue weighted by Gasteiger charge is 2.29. The van der Waals surface area contributed by atoms with Gasteiger partial charge in [0.2, 0.25) is 15.9 Å². The van der Waals surface area contributed by atoms with Gasteiger partial charge in [0.1, 0.15) is 5.75 Å². The zero-order valence-electron chi connectivity index (χ0n) is 22.6. The summed E-state index contributed by atoms with van der Waals surface area (Å²) in [6.07, 6.45) is 0.677. The first-order valence-electron chi connectivity index (χ1n) is 13.0. The quantitative estimate of drug-likeness (QED) is 0.245. The molecule has 1 N–H and O–H groups in total. The molecule has 0 atom stereocenters. The number of fused-ring (bicyclic) bond motifs is 1. The van der Waals surface area contributed by atoms with E-state index in [0.29, 0.717) is 46.2 Å². The number of hydrogen-bond donors (Lipinski definition) is 1. The molecule has 0 aromatic heterocycles. The predicted octanol–water partition coefficient (Wildman–Crippen LogP) is 6.03. The van der Waals surface area contributed by atoms with E-state index >= 15 is 0 Å². The van der Waals surface area contributed by atoms with Gasteiger partial charge in [0, 0.05) is 40.1 Å². The van der Waals surface area contributed by atoms with E-state index in [1.165, 1.54) is 18.2 Å². The summed E-state index contributed by atoms with van der Waals surface area (Å²) in [6.45, 7) is -0.112. The van der Waals surface area contributed by atoms with E-state index < -0.39 is 22.5 Å². The van der Waals surface area contributed by atoms with Gasteiger partial charge in [-0.05, 0) is 78.2 Å². The Hall–Kier alpha value is -3.89. The van der Waals surface area contributed by atoms with Gasteiger partial charge in [0.25, 0.3) is 5.91 Å². The minimum Gasteiger partial charge on any atom is -0.497 e. The van der Waals surface area contributed by atoms with E-state index in [1.54, 1.807) is 78.7 Å². The van der Waals surface area contributed by atoms with Crippen LogP contribution in [0.2, 0.25) is 10.0 Å². The third-order valence-electron chi connectivity index (χ3n) is 6.91.